The Morgan fingerprint density at radius 1 is 1.00 bits per heavy atom. The minimum atomic E-state index is 0.129. The van der Waals surface area contributed by atoms with Crippen LogP contribution >= 0.6 is 0 Å². The Morgan fingerprint density at radius 3 is 2.38 bits per heavy atom. The molecule has 0 amide bonds. The van der Waals surface area contributed by atoms with Crippen molar-refractivity contribution in [1.29, 1.82) is 0 Å². The van der Waals surface area contributed by atoms with Gasteiger partial charge in [-0.2, -0.15) is 0 Å². The van der Waals surface area contributed by atoms with Crippen LogP contribution < -0.4 is 0 Å². The van der Waals surface area contributed by atoms with Crippen molar-refractivity contribution < 1.29 is 4.79 Å². The van der Waals surface area contributed by atoms with Gasteiger partial charge in [0.25, 0.3) is 0 Å². The molecule has 4 fully saturated rings. The average molecular weight is 317 g/mol. The zero-order valence-electron chi connectivity index (χ0n) is 13.9. The van der Waals surface area contributed by atoms with Crippen molar-refractivity contribution in [3.8, 4) is 0 Å². The van der Waals surface area contributed by atoms with Crippen molar-refractivity contribution in [2.24, 2.45) is 23.2 Å². The molecule has 1 aromatic heterocycles. The fourth-order valence-electron chi connectivity index (χ4n) is 6.03. The van der Waals surface area contributed by atoms with Crippen LogP contribution in [-0.4, -0.2) is 10.8 Å². The molecule has 4 aliphatic carbocycles. The van der Waals surface area contributed by atoms with Gasteiger partial charge in [-0.25, -0.2) is 0 Å². The van der Waals surface area contributed by atoms with Crippen molar-refractivity contribution in [2.75, 3.05) is 0 Å². The first kappa shape index (κ1) is 14.4. The van der Waals surface area contributed by atoms with Crippen LogP contribution in [0, 0.1) is 23.2 Å². The number of carbonyl (C=O) groups is 1. The molecule has 4 bridgehead atoms. The van der Waals surface area contributed by atoms with Gasteiger partial charge in [-0.15, -0.1) is 0 Å². The summed E-state index contributed by atoms with van der Waals surface area (Å²) in [7, 11) is 0. The number of allylic oxidation sites excluding steroid dienone is 2. The van der Waals surface area contributed by atoms with Gasteiger partial charge < -0.3 is 0 Å². The Kier molecular flexibility index (Phi) is 3.16. The highest BCUT2D eigenvalue weighted by Gasteiger charge is 2.49. The minimum Gasteiger partial charge on any atom is -0.289 e. The number of fused-ring (bicyclic) bond motifs is 1. The maximum absolute atomic E-state index is 12.8. The number of nitrogens with zero attached hydrogens (tertiary/aromatic N) is 1. The van der Waals surface area contributed by atoms with E-state index in [9.17, 15) is 4.79 Å². The lowest BCUT2D eigenvalue weighted by Crippen LogP contribution is -2.45. The fourth-order valence-corrected chi connectivity index (χ4v) is 6.03. The summed E-state index contributed by atoms with van der Waals surface area (Å²) in [5.74, 6) is 2.87. The fraction of sp³-hybridized carbons (Fsp3) is 0.455. The lowest BCUT2D eigenvalue weighted by molar-refractivity contribution is -0.0238. The predicted octanol–water partition coefficient (Wildman–Crippen LogP) is 5.19. The van der Waals surface area contributed by atoms with Gasteiger partial charge in [0.15, 0.2) is 5.78 Å². The van der Waals surface area contributed by atoms with Gasteiger partial charge in [0.1, 0.15) is 0 Å². The molecule has 6 rings (SSSR count). The van der Waals surface area contributed by atoms with Gasteiger partial charge in [-0.05, 0) is 79.9 Å². The molecule has 122 valence electrons. The van der Waals surface area contributed by atoms with E-state index in [1.165, 1.54) is 38.5 Å². The van der Waals surface area contributed by atoms with E-state index in [1.54, 1.807) is 6.20 Å². The largest absolute Gasteiger partial charge is 0.289 e. The Hall–Kier alpha value is -1.96. The van der Waals surface area contributed by atoms with Gasteiger partial charge in [0.2, 0.25) is 0 Å². The average Bonchev–Trinajstić information content (AvgIpc) is 2.58. The Bertz CT molecular complexity index is 794. The van der Waals surface area contributed by atoms with Gasteiger partial charge in [0.05, 0.1) is 5.52 Å². The number of hydrogen-bond acceptors (Lipinski definition) is 2. The van der Waals surface area contributed by atoms with Crippen molar-refractivity contribution >= 4 is 16.7 Å². The second-order valence-electron chi connectivity index (χ2n) is 8.35. The highest BCUT2D eigenvalue weighted by atomic mass is 16.1. The van der Waals surface area contributed by atoms with E-state index in [2.05, 4.69) is 11.1 Å². The highest BCUT2D eigenvalue weighted by Crippen LogP contribution is 2.60. The highest BCUT2D eigenvalue weighted by molar-refractivity contribution is 6.12. The van der Waals surface area contributed by atoms with Crippen molar-refractivity contribution in [3.05, 3.63) is 54.2 Å². The third-order valence-electron chi connectivity index (χ3n) is 6.59. The van der Waals surface area contributed by atoms with Crippen LogP contribution in [-0.2, 0) is 0 Å². The number of para-hydroxylation sites is 1. The summed E-state index contributed by atoms with van der Waals surface area (Å²) in [6, 6.07) is 9.76. The van der Waals surface area contributed by atoms with Crippen molar-refractivity contribution in [1.82, 2.24) is 4.98 Å². The molecule has 2 aromatic rings. The van der Waals surface area contributed by atoms with Crippen LogP contribution in [0.15, 0.2) is 48.7 Å². The number of ketones is 1. The normalized spacial score (nSPS) is 34.2. The summed E-state index contributed by atoms with van der Waals surface area (Å²) >= 11 is 0. The molecule has 2 heteroatoms. The maximum atomic E-state index is 12.8. The standard InChI is InChI=1S/C22H23NO/c24-21(19-6-8-23-20-4-2-1-3-18(19)20)5-7-22-12-15-9-16(13-22)11-17(10-15)14-22/h1-8,15-17H,9-14H2. The molecule has 0 N–H and O–H groups in total. The molecule has 2 nitrogen and oxygen atoms in total. The number of rotatable bonds is 3. The van der Waals surface area contributed by atoms with E-state index in [4.69, 9.17) is 0 Å². The quantitative estimate of drug-likeness (QED) is 0.576. The number of aromatic nitrogens is 1. The summed E-state index contributed by atoms with van der Waals surface area (Å²) in [6.07, 6.45) is 14.1. The third kappa shape index (κ3) is 2.31. The van der Waals surface area contributed by atoms with E-state index >= 15 is 0 Å². The predicted molar refractivity (Wildman–Crippen MR) is 95.8 cm³/mol. The van der Waals surface area contributed by atoms with Gasteiger partial charge in [0, 0.05) is 17.1 Å². The van der Waals surface area contributed by atoms with Gasteiger partial charge >= 0.3 is 0 Å². The molecule has 0 spiro atoms. The van der Waals surface area contributed by atoms with E-state index < -0.39 is 0 Å². The number of carbonyl (C=O) groups excluding carboxylic acids is 1. The molecule has 1 heterocycles. The van der Waals surface area contributed by atoms with Crippen LogP contribution in [0.3, 0.4) is 0 Å². The summed E-state index contributed by atoms with van der Waals surface area (Å²) in [6.45, 7) is 0. The van der Waals surface area contributed by atoms with E-state index in [0.29, 0.717) is 5.41 Å². The summed E-state index contributed by atoms with van der Waals surface area (Å²) < 4.78 is 0. The molecule has 4 saturated carbocycles. The van der Waals surface area contributed by atoms with Crippen molar-refractivity contribution in [2.45, 2.75) is 38.5 Å². The Balaban J connectivity index is 1.45. The molecule has 1 aromatic carbocycles. The first-order chi connectivity index (χ1) is 11.7. The molecule has 4 aliphatic rings. The molecule has 0 radical (unpaired) electrons. The third-order valence-corrected chi connectivity index (χ3v) is 6.59. The van der Waals surface area contributed by atoms with Gasteiger partial charge in [-0.3, -0.25) is 9.78 Å². The molecule has 0 saturated heterocycles. The molecule has 0 unspecified atom stereocenters. The van der Waals surface area contributed by atoms with E-state index in [0.717, 1.165) is 34.2 Å². The molecule has 24 heavy (non-hydrogen) atoms. The van der Waals surface area contributed by atoms with E-state index in [-0.39, 0.29) is 5.78 Å². The second-order valence-corrected chi connectivity index (χ2v) is 8.35. The second kappa shape index (κ2) is 5.27. The topological polar surface area (TPSA) is 30.0 Å². The van der Waals surface area contributed by atoms with Crippen LogP contribution in [0.2, 0.25) is 0 Å². The molecular formula is C22H23NO. The Labute approximate surface area is 143 Å². The zero-order valence-corrected chi connectivity index (χ0v) is 13.9. The minimum absolute atomic E-state index is 0.129. The summed E-state index contributed by atoms with van der Waals surface area (Å²) in [5, 5.41) is 0.958. The zero-order chi connectivity index (χ0) is 16.1. The Morgan fingerprint density at radius 2 is 1.67 bits per heavy atom. The SMILES string of the molecule is O=C(C=CC12CC3CC(CC(C3)C1)C2)c1ccnc2ccccc12. The summed E-state index contributed by atoms with van der Waals surface area (Å²) in [5.41, 5.74) is 1.99. The smallest absolute Gasteiger partial charge is 0.186 e. The lowest BCUT2D eigenvalue weighted by atomic mass is 9.49. The first-order valence-corrected chi connectivity index (χ1v) is 9.28. The monoisotopic (exact) mass is 317 g/mol. The van der Waals surface area contributed by atoms with Crippen LogP contribution in [0.1, 0.15) is 48.9 Å². The molecule has 0 atom stereocenters. The molecular weight excluding hydrogens is 294 g/mol. The van der Waals surface area contributed by atoms with Crippen LogP contribution in [0.5, 0.6) is 0 Å². The van der Waals surface area contributed by atoms with Crippen molar-refractivity contribution in [3.63, 3.8) is 0 Å². The first-order valence-electron chi connectivity index (χ1n) is 9.28. The molecule has 0 aliphatic heterocycles. The van der Waals surface area contributed by atoms with E-state index in [1.807, 2.05) is 36.4 Å². The summed E-state index contributed by atoms with van der Waals surface area (Å²) in [4.78, 5) is 17.2. The lowest BCUT2D eigenvalue weighted by Gasteiger charge is -2.55. The number of hydrogen-bond donors (Lipinski definition) is 0. The van der Waals surface area contributed by atoms with Crippen LogP contribution in [0.4, 0.5) is 0 Å². The van der Waals surface area contributed by atoms with Gasteiger partial charge in [-0.1, -0.05) is 24.3 Å². The number of benzene rings is 1. The number of pyridine rings is 1. The maximum Gasteiger partial charge on any atom is 0.186 e. The van der Waals surface area contributed by atoms with Crippen LogP contribution in [0.25, 0.3) is 10.9 Å².